The molecule has 0 saturated carbocycles. The van der Waals surface area contributed by atoms with Gasteiger partial charge in [0.1, 0.15) is 6.26 Å². The summed E-state index contributed by atoms with van der Waals surface area (Å²) in [5.41, 5.74) is 7.21. The Morgan fingerprint density at radius 2 is 2.29 bits per heavy atom. The quantitative estimate of drug-likeness (QED) is 0.867. The zero-order chi connectivity index (χ0) is 9.97. The van der Waals surface area contributed by atoms with E-state index >= 15 is 0 Å². The molecule has 0 fully saturated rings. The molecule has 0 atom stereocenters. The highest BCUT2D eigenvalue weighted by Gasteiger charge is 2.05. The Hall–Kier alpha value is -0.880. The van der Waals surface area contributed by atoms with E-state index in [-0.39, 0.29) is 0 Å². The molecule has 2 aromatic rings. The molecule has 3 nitrogen and oxygen atoms in total. The maximum absolute atomic E-state index is 5.45. The normalized spacial score (nSPS) is 10.4. The highest BCUT2D eigenvalue weighted by atomic mass is 127. The van der Waals surface area contributed by atoms with Gasteiger partial charge in [-0.1, -0.05) is 6.07 Å². The van der Waals surface area contributed by atoms with Crippen molar-refractivity contribution in [3.8, 4) is 11.5 Å². The SMILES string of the molecule is NCc1coc(-c2cccc(I)c2)n1. The van der Waals surface area contributed by atoms with Gasteiger partial charge in [0.25, 0.3) is 0 Å². The largest absolute Gasteiger partial charge is 0.444 e. The predicted molar refractivity (Wildman–Crippen MR) is 62.5 cm³/mol. The Kier molecular flexibility index (Phi) is 2.83. The van der Waals surface area contributed by atoms with Crippen molar-refractivity contribution in [1.82, 2.24) is 4.98 Å². The molecule has 0 bridgehead atoms. The molecule has 72 valence electrons. The smallest absolute Gasteiger partial charge is 0.226 e. The molecule has 1 aromatic heterocycles. The lowest BCUT2D eigenvalue weighted by Crippen LogP contribution is -1.95. The zero-order valence-electron chi connectivity index (χ0n) is 7.40. The van der Waals surface area contributed by atoms with Crippen molar-refractivity contribution < 1.29 is 4.42 Å². The van der Waals surface area contributed by atoms with Crippen molar-refractivity contribution in [3.63, 3.8) is 0 Å². The third-order valence-corrected chi connectivity index (χ3v) is 2.50. The Balaban J connectivity index is 2.39. The van der Waals surface area contributed by atoms with Crippen molar-refractivity contribution in [2.24, 2.45) is 5.73 Å². The molecule has 0 aliphatic carbocycles. The van der Waals surface area contributed by atoms with Gasteiger partial charge in [-0.3, -0.25) is 0 Å². The van der Waals surface area contributed by atoms with E-state index in [0.717, 1.165) is 14.8 Å². The summed E-state index contributed by atoms with van der Waals surface area (Å²) in [5.74, 6) is 0.629. The van der Waals surface area contributed by atoms with Crippen molar-refractivity contribution >= 4 is 22.6 Å². The van der Waals surface area contributed by atoms with Crippen LogP contribution in [0.1, 0.15) is 5.69 Å². The summed E-state index contributed by atoms with van der Waals surface area (Å²) in [4.78, 5) is 4.25. The summed E-state index contributed by atoms with van der Waals surface area (Å²) in [6.45, 7) is 0.410. The van der Waals surface area contributed by atoms with E-state index < -0.39 is 0 Å². The Morgan fingerprint density at radius 1 is 1.43 bits per heavy atom. The van der Waals surface area contributed by atoms with Crippen molar-refractivity contribution in [3.05, 3.63) is 39.8 Å². The van der Waals surface area contributed by atoms with E-state index in [1.54, 1.807) is 6.26 Å². The number of nitrogens with zero attached hydrogens (tertiary/aromatic N) is 1. The monoisotopic (exact) mass is 300 g/mol. The van der Waals surface area contributed by atoms with Gasteiger partial charge in [0, 0.05) is 15.7 Å². The molecule has 1 heterocycles. The molecule has 4 heteroatoms. The van der Waals surface area contributed by atoms with E-state index in [2.05, 4.69) is 27.6 Å². The molecule has 0 saturated heterocycles. The Bertz CT molecular complexity index is 439. The van der Waals surface area contributed by atoms with Crippen LogP contribution in [0.25, 0.3) is 11.5 Å². The number of oxazole rings is 1. The van der Waals surface area contributed by atoms with Crippen LogP contribution in [0.15, 0.2) is 34.9 Å². The number of benzene rings is 1. The van der Waals surface area contributed by atoms with Crippen molar-refractivity contribution in [2.75, 3.05) is 0 Å². The minimum absolute atomic E-state index is 0.410. The molecule has 0 radical (unpaired) electrons. The van der Waals surface area contributed by atoms with Crippen LogP contribution in [0.5, 0.6) is 0 Å². The summed E-state index contributed by atoms with van der Waals surface area (Å²) >= 11 is 2.25. The Morgan fingerprint density at radius 3 is 2.93 bits per heavy atom. The van der Waals surface area contributed by atoms with Crippen LogP contribution >= 0.6 is 22.6 Å². The molecular formula is C10H9IN2O. The molecule has 14 heavy (non-hydrogen) atoms. The minimum Gasteiger partial charge on any atom is -0.444 e. The number of hydrogen-bond donors (Lipinski definition) is 1. The molecule has 1 aromatic carbocycles. The fourth-order valence-corrected chi connectivity index (χ4v) is 1.70. The number of halogens is 1. The Labute approximate surface area is 95.5 Å². The van der Waals surface area contributed by atoms with Crippen LogP contribution < -0.4 is 5.73 Å². The first-order valence-electron chi connectivity index (χ1n) is 4.20. The number of hydrogen-bond acceptors (Lipinski definition) is 3. The van der Waals surface area contributed by atoms with E-state index in [0.29, 0.717) is 12.4 Å². The zero-order valence-corrected chi connectivity index (χ0v) is 9.56. The fraction of sp³-hybridized carbons (Fsp3) is 0.100. The van der Waals surface area contributed by atoms with E-state index in [4.69, 9.17) is 10.2 Å². The summed E-state index contributed by atoms with van der Waals surface area (Å²) in [6, 6.07) is 7.99. The van der Waals surface area contributed by atoms with Crippen LogP contribution in [0, 0.1) is 3.57 Å². The summed E-state index contributed by atoms with van der Waals surface area (Å²) in [6.07, 6.45) is 1.59. The highest BCUT2D eigenvalue weighted by molar-refractivity contribution is 14.1. The second-order valence-corrected chi connectivity index (χ2v) is 4.10. The molecule has 2 N–H and O–H groups in total. The van der Waals surface area contributed by atoms with Gasteiger partial charge in [0.05, 0.1) is 5.69 Å². The van der Waals surface area contributed by atoms with Crippen LogP contribution in [0.2, 0.25) is 0 Å². The first-order chi connectivity index (χ1) is 6.79. The van der Waals surface area contributed by atoms with Gasteiger partial charge >= 0.3 is 0 Å². The van der Waals surface area contributed by atoms with E-state index in [1.165, 1.54) is 0 Å². The first kappa shape index (κ1) is 9.67. The summed E-state index contributed by atoms with van der Waals surface area (Å²) in [7, 11) is 0. The molecule has 2 rings (SSSR count). The van der Waals surface area contributed by atoms with Crippen LogP contribution in [0.4, 0.5) is 0 Å². The minimum atomic E-state index is 0.410. The number of rotatable bonds is 2. The molecular weight excluding hydrogens is 291 g/mol. The van der Waals surface area contributed by atoms with E-state index in [1.807, 2.05) is 24.3 Å². The topological polar surface area (TPSA) is 52.0 Å². The first-order valence-corrected chi connectivity index (χ1v) is 5.28. The molecule has 0 aliphatic rings. The summed E-state index contributed by atoms with van der Waals surface area (Å²) in [5, 5.41) is 0. The molecule has 0 spiro atoms. The summed E-state index contributed by atoms with van der Waals surface area (Å²) < 4.78 is 6.46. The van der Waals surface area contributed by atoms with E-state index in [9.17, 15) is 0 Å². The molecule has 0 aliphatic heterocycles. The maximum Gasteiger partial charge on any atom is 0.226 e. The number of nitrogens with two attached hydrogens (primary N) is 1. The lowest BCUT2D eigenvalue weighted by Gasteiger charge is -1.95. The van der Waals surface area contributed by atoms with Crippen LogP contribution in [-0.4, -0.2) is 4.98 Å². The standard InChI is InChI=1S/C10H9IN2O/c11-8-3-1-2-7(4-8)10-13-9(5-12)6-14-10/h1-4,6H,5,12H2. The lowest BCUT2D eigenvalue weighted by molar-refractivity contribution is 0.572. The van der Waals surface area contributed by atoms with Gasteiger partial charge in [-0.05, 0) is 40.8 Å². The second kappa shape index (κ2) is 4.10. The van der Waals surface area contributed by atoms with Crippen molar-refractivity contribution in [1.29, 1.82) is 0 Å². The van der Waals surface area contributed by atoms with Gasteiger partial charge in [0.2, 0.25) is 5.89 Å². The molecule has 0 unspecified atom stereocenters. The van der Waals surface area contributed by atoms with Gasteiger partial charge in [-0.2, -0.15) is 0 Å². The van der Waals surface area contributed by atoms with Crippen LogP contribution in [-0.2, 0) is 6.54 Å². The third-order valence-electron chi connectivity index (χ3n) is 1.83. The predicted octanol–water partition coefficient (Wildman–Crippen LogP) is 2.40. The van der Waals surface area contributed by atoms with Gasteiger partial charge in [0.15, 0.2) is 0 Å². The van der Waals surface area contributed by atoms with Gasteiger partial charge in [-0.15, -0.1) is 0 Å². The van der Waals surface area contributed by atoms with Crippen LogP contribution in [0.3, 0.4) is 0 Å². The van der Waals surface area contributed by atoms with Gasteiger partial charge < -0.3 is 10.2 Å². The second-order valence-electron chi connectivity index (χ2n) is 2.86. The van der Waals surface area contributed by atoms with Gasteiger partial charge in [-0.25, -0.2) is 4.98 Å². The number of aromatic nitrogens is 1. The third kappa shape index (κ3) is 1.96. The average molecular weight is 300 g/mol. The lowest BCUT2D eigenvalue weighted by atomic mass is 10.2. The maximum atomic E-state index is 5.45. The average Bonchev–Trinajstić information content (AvgIpc) is 2.66. The fourth-order valence-electron chi connectivity index (χ4n) is 1.15. The molecule has 0 amide bonds. The highest BCUT2D eigenvalue weighted by Crippen LogP contribution is 2.20. The van der Waals surface area contributed by atoms with Crippen molar-refractivity contribution in [2.45, 2.75) is 6.54 Å².